The summed E-state index contributed by atoms with van der Waals surface area (Å²) in [5, 5.41) is 1.07. The molecule has 1 saturated heterocycles. The third-order valence-corrected chi connectivity index (χ3v) is 8.87. The largest absolute Gasteiger partial charge is 0.335 e. The average molecular weight is 427 g/mol. The van der Waals surface area contributed by atoms with Gasteiger partial charge in [-0.2, -0.15) is 4.31 Å². The molecule has 5 rings (SSSR count). The molecule has 0 saturated carbocycles. The number of piperazine rings is 1. The topological polar surface area (TPSA) is 57.7 Å². The molecule has 1 fully saturated rings. The van der Waals surface area contributed by atoms with Gasteiger partial charge in [0.1, 0.15) is 0 Å². The number of fused-ring (bicyclic) bond motifs is 2. The molecule has 1 aliphatic heterocycles. The van der Waals surface area contributed by atoms with Crippen molar-refractivity contribution in [2.24, 2.45) is 0 Å². The van der Waals surface area contributed by atoms with E-state index in [1.807, 2.05) is 42.5 Å². The van der Waals surface area contributed by atoms with Gasteiger partial charge < -0.3 is 4.90 Å². The molecule has 29 heavy (non-hydrogen) atoms. The van der Waals surface area contributed by atoms with E-state index in [1.54, 1.807) is 11.0 Å². The Hall–Kier alpha value is -2.22. The molecular weight excluding hydrogens is 404 g/mol. The highest BCUT2D eigenvalue weighted by atomic mass is 32.2. The van der Waals surface area contributed by atoms with E-state index < -0.39 is 10.0 Å². The van der Waals surface area contributed by atoms with Gasteiger partial charge in [-0.05, 0) is 60.0 Å². The van der Waals surface area contributed by atoms with Crippen LogP contribution in [0.2, 0.25) is 0 Å². The standard InChI is InChI=1S/C22H22N2O3S2/c25-22(21-15-18-4-1-2-7-20(18)28-21)23-10-12-24(13-11-23)29(26,27)19-9-8-16-5-3-6-17(16)14-19/h1-2,4,7-9,14-15H,3,5-6,10-13H2. The summed E-state index contributed by atoms with van der Waals surface area (Å²) < 4.78 is 28.8. The van der Waals surface area contributed by atoms with Crippen LogP contribution in [0, 0.1) is 0 Å². The van der Waals surface area contributed by atoms with Crippen LogP contribution in [-0.4, -0.2) is 49.7 Å². The van der Waals surface area contributed by atoms with Crippen molar-refractivity contribution < 1.29 is 13.2 Å². The van der Waals surface area contributed by atoms with Gasteiger partial charge in [0.2, 0.25) is 10.0 Å². The summed E-state index contributed by atoms with van der Waals surface area (Å²) in [5.74, 6) is -0.0132. The molecular formula is C22H22N2O3S2. The lowest BCUT2D eigenvalue weighted by molar-refractivity contribution is 0.0703. The third kappa shape index (κ3) is 3.37. The highest BCUT2D eigenvalue weighted by Gasteiger charge is 2.31. The van der Waals surface area contributed by atoms with E-state index in [1.165, 1.54) is 21.2 Å². The summed E-state index contributed by atoms with van der Waals surface area (Å²) in [6, 6.07) is 15.4. The van der Waals surface area contributed by atoms with Crippen molar-refractivity contribution in [2.45, 2.75) is 24.2 Å². The highest BCUT2D eigenvalue weighted by Crippen LogP contribution is 2.28. The second kappa shape index (κ2) is 7.23. The monoisotopic (exact) mass is 426 g/mol. The number of sulfonamides is 1. The van der Waals surface area contributed by atoms with Crippen molar-refractivity contribution in [2.75, 3.05) is 26.2 Å². The fourth-order valence-electron chi connectivity index (χ4n) is 4.23. The van der Waals surface area contributed by atoms with Crippen LogP contribution in [0.5, 0.6) is 0 Å². The highest BCUT2D eigenvalue weighted by molar-refractivity contribution is 7.89. The molecule has 0 N–H and O–H groups in total. The SMILES string of the molecule is O=C(c1cc2ccccc2s1)N1CCN(S(=O)(=O)c2ccc3c(c2)CCC3)CC1. The van der Waals surface area contributed by atoms with E-state index in [2.05, 4.69) is 0 Å². The fourth-order valence-corrected chi connectivity index (χ4v) is 6.74. The first kappa shape index (κ1) is 18.8. The number of hydrogen-bond acceptors (Lipinski definition) is 4. The summed E-state index contributed by atoms with van der Waals surface area (Å²) in [4.78, 5) is 15.7. The van der Waals surface area contributed by atoms with Gasteiger partial charge in [0.25, 0.3) is 5.91 Å². The molecule has 5 nitrogen and oxygen atoms in total. The molecule has 0 radical (unpaired) electrons. The maximum absolute atomic E-state index is 13.1. The Morgan fingerprint density at radius 1 is 0.897 bits per heavy atom. The number of hydrogen-bond donors (Lipinski definition) is 0. The Balaban J connectivity index is 1.30. The van der Waals surface area contributed by atoms with Crippen LogP contribution in [-0.2, 0) is 22.9 Å². The van der Waals surface area contributed by atoms with Crippen LogP contribution in [0.4, 0.5) is 0 Å². The zero-order chi connectivity index (χ0) is 20.0. The molecule has 150 valence electrons. The van der Waals surface area contributed by atoms with Crippen molar-refractivity contribution in [3.8, 4) is 0 Å². The number of carbonyl (C=O) groups excluding carboxylic acids is 1. The van der Waals surface area contributed by atoms with Crippen molar-refractivity contribution in [3.05, 3.63) is 64.5 Å². The minimum atomic E-state index is -3.52. The van der Waals surface area contributed by atoms with Gasteiger partial charge in [0.15, 0.2) is 0 Å². The molecule has 3 aromatic rings. The van der Waals surface area contributed by atoms with Crippen LogP contribution >= 0.6 is 11.3 Å². The maximum atomic E-state index is 13.1. The first-order valence-electron chi connectivity index (χ1n) is 9.92. The van der Waals surface area contributed by atoms with Crippen molar-refractivity contribution in [1.82, 2.24) is 9.21 Å². The second-order valence-corrected chi connectivity index (χ2v) is 10.7. The van der Waals surface area contributed by atoms with E-state index in [-0.39, 0.29) is 5.91 Å². The zero-order valence-electron chi connectivity index (χ0n) is 16.0. The van der Waals surface area contributed by atoms with Crippen molar-refractivity contribution >= 4 is 37.4 Å². The molecule has 1 amide bonds. The molecule has 0 spiro atoms. The predicted molar refractivity (Wildman–Crippen MR) is 115 cm³/mol. The van der Waals surface area contributed by atoms with E-state index in [0.29, 0.717) is 36.0 Å². The lowest BCUT2D eigenvalue weighted by Gasteiger charge is -2.33. The van der Waals surface area contributed by atoms with E-state index in [9.17, 15) is 13.2 Å². The van der Waals surface area contributed by atoms with Crippen LogP contribution in [0.25, 0.3) is 10.1 Å². The maximum Gasteiger partial charge on any atom is 0.264 e. The van der Waals surface area contributed by atoms with Crippen molar-refractivity contribution in [3.63, 3.8) is 0 Å². The first-order valence-corrected chi connectivity index (χ1v) is 12.2. The van der Waals surface area contributed by atoms with Gasteiger partial charge in [-0.25, -0.2) is 8.42 Å². The molecule has 2 aromatic carbocycles. The van der Waals surface area contributed by atoms with Crippen LogP contribution < -0.4 is 0 Å². The van der Waals surface area contributed by atoms with E-state index in [4.69, 9.17) is 0 Å². The Morgan fingerprint density at radius 3 is 2.45 bits per heavy atom. The Bertz CT molecular complexity index is 1160. The number of aryl methyl sites for hydroxylation is 2. The normalized spacial score (nSPS) is 17.6. The number of nitrogens with zero attached hydrogens (tertiary/aromatic N) is 2. The van der Waals surface area contributed by atoms with Gasteiger partial charge >= 0.3 is 0 Å². The fraction of sp³-hybridized carbons (Fsp3) is 0.318. The van der Waals surface area contributed by atoms with Gasteiger partial charge in [0.05, 0.1) is 9.77 Å². The molecule has 2 heterocycles. The number of rotatable bonds is 3. The van der Waals surface area contributed by atoms with E-state index in [0.717, 1.165) is 34.9 Å². The summed E-state index contributed by atoms with van der Waals surface area (Å²) in [6.07, 6.45) is 3.08. The molecule has 1 aliphatic carbocycles. The number of amides is 1. The lowest BCUT2D eigenvalue weighted by atomic mass is 10.1. The first-order chi connectivity index (χ1) is 14.0. The predicted octanol–water partition coefficient (Wildman–Crippen LogP) is 3.54. The van der Waals surface area contributed by atoms with Crippen molar-refractivity contribution in [1.29, 1.82) is 0 Å². The summed E-state index contributed by atoms with van der Waals surface area (Å²) in [7, 11) is -3.52. The van der Waals surface area contributed by atoms with Crippen LogP contribution in [0.15, 0.2) is 53.4 Å². The number of carbonyl (C=O) groups is 1. The third-order valence-electron chi connectivity index (χ3n) is 5.87. The Kier molecular flexibility index (Phi) is 4.69. The summed E-state index contributed by atoms with van der Waals surface area (Å²) in [5.41, 5.74) is 2.42. The minimum Gasteiger partial charge on any atom is -0.335 e. The van der Waals surface area contributed by atoms with Gasteiger partial charge in [-0.15, -0.1) is 11.3 Å². The summed E-state index contributed by atoms with van der Waals surface area (Å²) in [6.45, 7) is 1.49. The molecule has 2 aliphatic rings. The Labute approximate surface area is 174 Å². The second-order valence-electron chi connectivity index (χ2n) is 7.63. The summed E-state index contributed by atoms with van der Waals surface area (Å²) >= 11 is 1.49. The molecule has 7 heteroatoms. The van der Waals surface area contributed by atoms with Crippen LogP contribution in [0.1, 0.15) is 27.2 Å². The van der Waals surface area contributed by atoms with E-state index >= 15 is 0 Å². The molecule has 1 aromatic heterocycles. The molecule has 0 atom stereocenters. The van der Waals surface area contributed by atoms with Crippen LogP contribution in [0.3, 0.4) is 0 Å². The van der Waals surface area contributed by atoms with Gasteiger partial charge in [0, 0.05) is 30.9 Å². The lowest BCUT2D eigenvalue weighted by Crippen LogP contribution is -2.50. The smallest absolute Gasteiger partial charge is 0.264 e. The van der Waals surface area contributed by atoms with Gasteiger partial charge in [-0.3, -0.25) is 4.79 Å². The number of benzene rings is 2. The zero-order valence-corrected chi connectivity index (χ0v) is 17.6. The molecule has 0 unspecified atom stereocenters. The Morgan fingerprint density at radius 2 is 1.66 bits per heavy atom. The molecule has 0 bridgehead atoms. The minimum absolute atomic E-state index is 0.0132. The number of thiophene rings is 1. The quantitative estimate of drug-likeness (QED) is 0.644. The van der Waals surface area contributed by atoms with Gasteiger partial charge in [-0.1, -0.05) is 24.3 Å². The average Bonchev–Trinajstić information content (AvgIpc) is 3.39.